The van der Waals surface area contributed by atoms with Crippen LogP contribution in [0.3, 0.4) is 0 Å². The fourth-order valence-electron chi connectivity index (χ4n) is 3.56. The second kappa shape index (κ2) is 7.03. The van der Waals surface area contributed by atoms with E-state index >= 15 is 0 Å². The van der Waals surface area contributed by atoms with Crippen LogP contribution in [0.4, 0.5) is 5.69 Å². The standard InChI is InChI=1S/C19H24ClN7/c1-19(2,3)11-15-24-25-18-16(20)14(12-23-27(15)18)26-9-5-13(6-10-26)17-21-7-4-8-22-17/h4,7-8,12-13H,5-6,9-11H2,1-3H3. The lowest BCUT2D eigenvalue weighted by Crippen LogP contribution is -2.33. The van der Waals surface area contributed by atoms with Crippen molar-refractivity contribution >= 4 is 22.9 Å². The van der Waals surface area contributed by atoms with Crippen LogP contribution in [0, 0.1) is 5.41 Å². The van der Waals surface area contributed by atoms with Crippen LogP contribution < -0.4 is 4.90 Å². The lowest BCUT2D eigenvalue weighted by Gasteiger charge is -2.33. The summed E-state index contributed by atoms with van der Waals surface area (Å²) in [5.41, 5.74) is 1.66. The number of halogens is 1. The topological polar surface area (TPSA) is 72.1 Å². The molecule has 1 aliphatic heterocycles. The maximum atomic E-state index is 6.68. The minimum atomic E-state index is 0.108. The molecule has 8 heteroatoms. The molecule has 0 N–H and O–H groups in total. The Labute approximate surface area is 163 Å². The van der Waals surface area contributed by atoms with Gasteiger partial charge in [0.2, 0.25) is 0 Å². The van der Waals surface area contributed by atoms with Crippen LogP contribution in [0.25, 0.3) is 5.65 Å². The van der Waals surface area contributed by atoms with E-state index in [0.29, 0.717) is 16.6 Å². The molecule has 1 aliphatic rings. The van der Waals surface area contributed by atoms with Gasteiger partial charge in [0.15, 0.2) is 11.5 Å². The van der Waals surface area contributed by atoms with Crippen molar-refractivity contribution in [3.63, 3.8) is 0 Å². The van der Waals surface area contributed by atoms with Gasteiger partial charge in [0, 0.05) is 37.8 Å². The Bertz CT molecular complexity index is 924. The zero-order valence-electron chi connectivity index (χ0n) is 15.9. The Kier molecular flexibility index (Phi) is 4.72. The zero-order chi connectivity index (χ0) is 19.0. The summed E-state index contributed by atoms with van der Waals surface area (Å²) < 4.78 is 1.77. The van der Waals surface area contributed by atoms with Crippen LogP contribution in [0.5, 0.6) is 0 Å². The fourth-order valence-corrected chi connectivity index (χ4v) is 3.85. The second-order valence-corrected chi connectivity index (χ2v) is 8.68. The predicted molar refractivity (Wildman–Crippen MR) is 105 cm³/mol. The minimum Gasteiger partial charge on any atom is -0.369 e. The first kappa shape index (κ1) is 18.1. The summed E-state index contributed by atoms with van der Waals surface area (Å²) in [5.74, 6) is 2.16. The molecule has 3 aromatic rings. The average molecular weight is 386 g/mol. The molecule has 4 heterocycles. The lowest BCUT2D eigenvalue weighted by molar-refractivity contribution is 0.396. The van der Waals surface area contributed by atoms with Gasteiger partial charge >= 0.3 is 0 Å². The number of anilines is 1. The first-order valence-electron chi connectivity index (χ1n) is 9.33. The van der Waals surface area contributed by atoms with Gasteiger partial charge in [-0.2, -0.15) is 9.61 Å². The van der Waals surface area contributed by atoms with Gasteiger partial charge in [-0.1, -0.05) is 32.4 Å². The number of rotatable bonds is 3. The molecule has 0 saturated carbocycles. The molecule has 0 bridgehead atoms. The lowest BCUT2D eigenvalue weighted by atomic mass is 9.92. The normalized spacial score (nSPS) is 16.2. The SMILES string of the molecule is CC(C)(C)Cc1nnc2c(Cl)c(N3CCC(c4ncccn4)CC3)cnn12. The molecule has 0 aliphatic carbocycles. The van der Waals surface area contributed by atoms with E-state index in [2.05, 4.69) is 50.9 Å². The van der Waals surface area contributed by atoms with Crippen molar-refractivity contribution < 1.29 is 0 Å². The number of fused-ring (bicyclic) bond motifs is 1. The molecule has 1 fully saturated rings. The van der Waals surface area contributed by atoms with Crippen LogP contribution >= 0.6 is 11.6 Å². The summed E-state index contributed by atoms with van der Waals surface area (Å²) in [6.07, 6.45) is 8.23. The Morgan fingerprint density at radius 1 is 1.11 bits per heavy atom. The van der Waals surface area contributed by atoms with Crippen molar-refractivity contribution in [2.75, 3.05) is 18.0 Å². The third-order valence-electron chi connectivity index (χ3n) is 4.90. The Morgan fingerprint density at radius 3 is 2.48 bits per heavy atom. The molecule has 0 radical (unpaired) electrons. The smallest absolute Gasteiger partial charge is 0.198 e. The highest BCUT2D eigenvalue weighted by atomic mass is 35.5. The molecular weight excluding hydrogens is 362 g/mol. The quantitative estimate of drug-likeness (QED) is 0.686. The molecule has 4 rings (SSSR count). The summed E-state index contributed by atoms with van der Waals surface area (Å²) in [4.78, 5) is 11.1. The van der Waals surface area contributed by atoms with E-state index in [1.165, 1.54) is 0 Å². The largest absolute Gasteiger partial charge is 0.369 e. The van der Waals surface area contributed by atoms with Gasteiger partial charge in [0.25, 0.3) is 0 Å². The summed E-state index contributed by atoms with van der Waals surface area (Å²) >= 11 is 6.68. The van der Waals surface area contributed by atoms with Gasteiger partial charge in [0.05, 0.1) is 11.9 Å². The monoisotopic (exact) mass is 385 g/mol. The number of aromatic nitrogens is 6. The molecular formula is C19H24ClN7. The maximum Gasteiger partial charge on any atom is 0.198 e. The summed E-state index contributed by atoms with van der Waals surface area (Å²) in [7, 11) is 0. The highest BCUT2D eigenvalue weighted by Crippen LogP contribution is 2.34. The van der Waals surface area contributed by atoms with E-state index < -0.39 is 0 Å². The van der Waals surface area contributed by atoms with E-state index in [9.17, 15) is 0 Å². The third kappa shape index (κ3) is 3.74. The molecule has 27 heavy (non-hydrogen) atoms. The number of piperidine rings is 1. The molecule has 0 spiro atoms. The van der Waals surface area contributed by atoms with Crippen molar-refractivity contribution in [3.8, 4) is 0 Å². The summed E-state index contributed by atoms with van der Waals surface area (Å²) in [6, 6.07) is 1.85. The van der Waals surface area contributed by atoms with Gasteiger partial charge in [-0.05, 0) is 24.3 Å². The van der Waals surface area contributed by atoms with Gasteiger partial charge in [-0.25, -0.2) is 9.97 Å². The molecule has 142 valence electrons. The van der Waals surface area contributed by atoms with Crippen LogP contribution in [0.2, 0.25) is 5.02 Å². The molecule has 0 atom stereocenters. The first-order chi connectivity index (χ1) is 12.9. The highest BCUT2D eigenvalue weighted by Gasteiger charge is 2.26. The maximum absolute atomic E-state index is 6.68. The highest BCUT2D eigenvalue weighted by molar-refractivity contribution is 6.36. The van der Waals surface area contributed by atoms with Gasteiger partial charge in [-0.3, -0.25) is 0 Å². The van der Waals surface area contributed by atoms with Gasteiger partial charge in [0.1, 0.15) is 10.8 Å². The Balaban J connectivity index is 1.54. The van der Waals surface area contributed by atoms with Crippen LogP contribution in [0.15, 0.2) is 24.7 Å². The predicted octanol–water partition coefficient (Wildman–Crippen LogP) is 3.54. The summed E-state index contributed by atoms with van der Waals surface area (Å²) in [6.45, 7) is 8.30. The third-order valence-corrected chi connectivity index (χ3v) is 5.26. The van der Waals surface area contributed by atoms with E-state index in [1.54, 1.807) is 4.52 Å². The van der Waals surface area contributed by atoms with Gasteiger partial charge < -0.3 is 4.90 Å². The Morgan fingerprint density at radius 2 is 1.81 bits per heavy atom. The van der Waals surface area contributed by atoms with Crippen molar-refractivity contribution in [1.29, 1.82) is 0 Å². The zero-order valence-corrected chi connectivity index (χ0v) is 16.7. The summed E-state index contributed by atoms with van der Waals surface area (Å²) in [5, 5.41) is 13.8. The van der Waals surface area contributed by atoms with E-state index in [4.69, 9.17) is 11.6 Å². The number of hydrogen-bond acceptors (Lipinski definition) is 6. The van der Waals surface area contributed by atoms with Crippen molar-refractivity contribution in [2.45, 2.75) is 46.0 Å². The molecule has 0 amide bonds. The van der Waals surface area contributed by atoms with E-state index in [-0.39, 0.29) is 5.41 Å². The molecule has 1 saturated heterocycles. The molecule has 3 aromatic heterocycles. The van der Waals surface area contributed by atoms with Crippen molar-refractivity contribution in [1.82, 2.24) is 29.8 Å². The second-order valence-electron chi connectivity index (χ2n) is 8.30. The first-order valence-corrected chi connectivity index (χ1v) is 9.71. The van der Waals surface area contributed by atoms with Gasteiger partial charge in [-0.15, -0.1) is 10.2 Å². The molecule has 0 aromatic carbocycles. The number of nitrogens with zero attached hydrogens (tertiary/aromatic N) is 7. The van der Waals surface area contributed by atoms with E-state index in [0.717, 1.165) is 49.7 Å². The van der Waals surface area contributed by atoms with E-state index in [1.807, 2.05) is 24.7 Å². The van der Waals surface area contributed by atoms with Crippen molar-refractivity contribution in [2.24, 2.45) is 5.41 Å². The van der Waals surface area contributed by atoms with Crippen LogP contribution in [-0.2, 0) is 6.42 Å². The minimum absolute atomic E-state index is 0.108. The molecule has 0 unspecified atom stereocenters. The fraction of sp³-hybridized carbons (Fsp3) is 0.526. The number of hydrogen-bond donors (Lipinski definition) is 0. The Hall–Kier alpha value is -2.28. The van der Waals surface area contributed by atoms with Crippen molar-refractivity contribution in [3.05, 3.63) is 41.3 Å². The van der Waals surface area contributed by atoms with Crippen LogP contribution in [-0.4, -0.2) is 42.9 Å². The van der Waals surface area contributed by atoms with Crippen LogP contribution in [0.1, 0.15) is 51.2 Å². The molecule has 7 nitrogen and oxygen atoms in total. The average Bonchev–Trinajstić information content (AvgIpc) is 3.05.